The Balaban J connectivity index is 1.51. The molecule has 2 aromatic carbocycles. The van der Waals surface area contributed by atoms with Gasteiger partial charge in [0, 0.05) is 13.5 Å². The Labute approximate surface area is 199 Å². The number of methoxy groups -OCH3 is 1. The number of amides is 1. The van der Waals surface area contributed by atoms with E-state index in [2.05, 4.69) is 32.9 Å². The van der Waals surface area contributed by atoms with Gasteiger partial charge in [0.25, 0.3) is 5.91 Å². The lowest BCUT2D eigenvalue weighted by Crippen LogP contribution is -2.22. The first-order valence-corrected chi connectivity index (χ1v) is 11.7. The highest BCUT2D eigenvalue weighted by Crippen LogP contribution is 2.34. The van der Waals surface area contributed by atoms with Crippen LogP contribution in [0.15, 0.2) is 47.4 Å². The summed E-state index contributed by atoms with van der Waals surface area (Å²) in [6.45, 7) is 7.65. The Bertz CT molecular complexity index is 1010. The molecule has 0 aromatic heterocycles. The van der Waals surface area contributed by atoms with Crippen molar-refractivity contribution in [3.8, 4) is 17.2 Å². The number of hydrogen-bond donors (Lipinski definition) is 0. The Morgan fingerprint density at radius 1 is 1.03 bits per heavy atom. The lowest BCUT2D eigenvalue weighted by molar-refractivity contribution is -0.121. The van der Waals surface area contributed by atoms with E-state index in [-0.39, 0.29) is 11.3 Å². The highest BCUT2D eigenvalue weighted by molar-refractivity contribution is 8.26. The molecular weight excluding hydrogens is 442 g/mol. The molecule has 5 nitrogen and oxygen atoms in total. The van der Waals surface area contributed by atoms with Crippen LogP contribution in [0.3, 0.4) is 0 Å². The number of thiocarbonyl (C=S) groups is 1. The van der Waals surface area contributed by atoms with Crippen molar-refractivity contribution in [2.45, 2.75) is 32.6 Å². The molecule has 0 unspecified atom stereocenters. The second-order valence-corrected chi connectivity index (χ2v) is 10.2. The molecular formula is C25H29NO4S2. The van der Waals surface area contributed by atoms with Crippen LogP contribution in [0.1, 0.15) is 38.3 Å². The third kappa shape index (κ3) is 6.04. The number of benzene rings is 2. The zero-order valence-electron chi connectivity index (χ0n) is 19.1. The highest BCUT2D eigenvalue weighted by atomic mass is 32.2. The lowest BCUT2D eigenvalue weighted by atomic mass is 9.87. The van der Waals surface area contributed by atoms with Crippen molar-refractivity contribution < 1.29 is 19.0 Å². The topological polar surface area (TPSA) is 48.0 Å². The van der Waals surface area contributed by atoms with Crippen LogP contribution >= 0.6 is 24.0 Å². The zero-order valence-corrected chi connectivity index (χ0v) is 20.8. The fraction of sp³-hybridized carbons (Fsp3) is 0.360. The van der Waals surface area contributed by atoms with E-state index in [9.17, 15) is 4.79 Å². The number of carbonyl (C=O) groups excluding carboxylic acids is 1. The Morgan fingerprint density at radius 3 is 2.31 bits per heavy atom. The standard InChI is InChI=1S/C25H29NO4S2/c1-25(2,3)18-8-10-19(11-9-18)29-13-6-14-30-20-12-7-17(15-21(20)28-5)16-22-23(27)26(4)24(31)32-22/h7-12,15-16H,6,13-14H2,1-5H3/b22-16+. The van der Waals surface area contributed by atoms with Crippen LogP contribution in [0.4, 0.5) is 0 Å². The molecule has 1 aliphatic heterocycles. The number of likely N-dealkylation sites (N-methyl/N-ethyl adjacent to an activating group) is 1. The monoisotopic (exact) mass is 471 g/mol. The molecule has 170 valence electrons. The largest absolute Gasteiger partial charge is 0.493 e. The number of ether oxygens (including phenoxy) is 3. The molecule has 0 bridgehead atoms. The molecule has 1 heterocycles. The van der Waals surface area contributed by atoms with Crippen LogP contribution in [0.5, 0.6) is 17.2 Å². The molecule has 7 heteroatoms. The van der Waals surface area contributed by atoms with Crippen molar-refractivity contribution in [3.05, 3.63) is 58.5 Å². The molecule has 3 rings (SSSR count). The van der Waals surface area contributed by atoms with Crippen molar-refractivity contribution >= 4 is 40.3 Å². The van der Waals surface area contributed by atoms with Gasteiger partial charge in [-0.15, -0.1) is 0 Å². The molecule has 1 aliphatic rings. The van der Waals surface area contributed by atoms with E-state index in [1.165, 1.54) is 22.2 Å². The summed E-state index contributed by atoms with van der Waals surface area (Å²) in [7, 11) is 3.28. The third-order valence-corrected chi connectivity index (χ3v) is 6.49. The van der Waals surface area contributed by atoms with Crippen LogP contribution in [0.25, 0.3) is 6.08 Å². The Kier molecular flexibility index (Phi) is 7.85. The number of rotatable bonds is 8. The van der Waals surface area contributed by atoms with Gasteiger partial charge in [0.2, 0.25) is 0 Å². The Hall–Kier alpha value is -2.51. The molecule has 0 atom stereocenters. The average molecular weight is 472 g/mol. The van der Waals surface area contributed by atoms with Gasteiger partial charge in [-0.1, -0.05) is 63.0 Å². The predicted octanol–water partition coefficient (Wildman–Crippen LogP) is 5.67. The first-order valence-electron chi connectivity index (χ1n) is 10.4. The Morgan fingerprint density at radius 2 is 1.72 bits per heavy atom. The molecule has 32 heavy (non-hydrogen) atoms. The predicted molar refractivity (Wildman–Crippen MR) is 135 cm³/mol. The van der Waals surface area contributed by atoms with E-state index in [0.29, 0.717) is 33.9 Å². The maximum absolute atomic E-state index is 12.2. The van der Waals surface area contributed by atoms with E-state index in [1.54, 1.807) is 14.2 Å². The molecule has 1 fully saturated rings. The van der Waals surface area contributed by atoms with Gasteiger partial charge in [-0.25, -0.2) is 0 Å². The minimum absolute atomic E-state index is 0.0904. The van der Waals surface area contributed by atoms with E-state index in [1.807, 2.05) is 36.4 Å². The SMILES string of the molecule is COc1cc(/C=C2/SC(=S)N(C)C2=O)ccc1OCCCOc1ccc(C(C)(C)C)cc1. The lowest BCUT2D eigenvalue weighted by Gasteiger charge is -2.19. The van der Waals surface area contributed by atoms with Gasteiger partial charge < -0.3 is 14.2 Å². The van der Waals surface area contributed by atoms with E-state index >= 15 is 0 Å². The van der Waals surface area contributed by atoms with E-state index < -0.39 is 0 Å². The summed E-state index contributed by atoms with van der Waals surface area (Å²) in [5, 5.41) is 0. The normalized spacial score (nSPS) is 15.4. The number of hydrogen-bond acceptors (Lipinski definition) is 6. The molecule has 0 spiro atoms. The van der Waals surface area contributed by atoms with Gasteiger partial charge >= 0.3 is 0 Å². The maximum Gasteiger partial charge on any atom is 0.265 e. The maximum atomic E-state index is 12.2. The van der Waals surface area contributed by atoms with Crippen molar-refractivity contribution in [2.75, 3.05) is 27.4 Å². The van der Waals surface area contributed by atoms with Crippen molar-refractivity contribution in [1.29, 1.82) is 0 Å². The second-order valence-electron chi connectivity index (χ2n) is 8.48. The first kappa shape index (κ1) is 24.1. The van der Waals surface area contributed by atoms with Crippen LogP contribution < -0.4 is 14.2 Å². The summed E-state index contributed by atoms with van der Waals surface area (Å²) >= 11 is 6.47. The second kappa shape index (κ2) is 10.4. The van der Waals surface area contributed by atoms with Gasteiger partial charge in [0.15, 0.2) is 11.5 Å². The fourth-order valence-corrected chi connectivity index (χ4v) is 4.25. The van der Waals surface area contributed by atoms with E-state index in [4.69, 9.17) is 26.4 Å². The summed E-state index contributed by atoms with van der Waals surface area (Å²) < 4.78 is 17.7. The smallest absolute Gasteiger partial charge is 0.265 e. The molecule has 1 saturated heterocycles. The third-order valence-electron chi connectivity index (χ3n) is 5.01. The van der Waals surface area contributed by atoms with Gasteiger partial charge in [-0.05, 0) is 46.9 Å². The quantitative estimate of drug-likeness (QED) is 0.281. The number of carbonyl (C=O) groups is 1. The van der Waals surface area contributed by atoms with E-state index in [0.717, 1.165) is 17.7 Å². The number of thioether (sulfide) groups is 1. The van der Waals surface area contributed by atoms with Gasteiger partial charge in [-0.3, -0.25) is 9.69 Å². The van der Waals surface area contributed by atoms with Gasteiger partial charge in [0.1, 0.15) is 10.1 Å². The van der Waals surface area contributed by atoms with Crippen LogP contribution in [0.2, 0.25) is 0 Å². The van der Waals surface area contributed by atoms with Crippen LogP contribution in [0, 0.1) is 0 Å². The van der Waals surface area contributed by atoms with Gasteiger partial charge in [0.05, 0.1) is 25.2 Å². The average Bonchev–Trinajstić information content (AvgIpc) is 3.00. The fourth-order valence-electron chi connectivity index (χ4n) is 3.07. The molecule has 0 aliphatic carbocycles. The zero-order chi connectivity index (χ0) is 23.3. The molecule has 0 saturated carbocycles. The van der Waals surface area contributed by atoms with Gasteiger partial charge in [-0.2, -0.15) is 0 Å². The van der Waals surface area contributed by atoms with Crippen LogP contribution in [-0.2, 0) is 10.2 Å². The molecule has 0 N–H and O–H groups in total. The van der Waals surface area contributed by atoms with Crippen LogP contribution in [-0.4, -0.2) is 42.5 Å². The summed E-state index contributed by atoms with van der Waals surface area (Å²) in [6.07, 6.45) is 2.55. The molecule has 2 aromatic rings. The summed E-state index contributed by atoms with van der Waals surface area (Å²) in [6, 6.07) is 13.8. The summed E-state index contributed by atoms with van der Waals surface area (Å²) in [5.41, 5.74) is 2.27. The van der Waals surface area contributed by atoms with Crippen molar-refractivity contribution in [3.63, 3.8) is 0 Å². The minimum atomic E-state index is -0.0904. The van der Waals surface area contributed by atoms with Crippen molar-refractivity contribution in [2.24, 2.45) is 0 Å². The molecule has 0 radical (unpaired) electrons. The summed E-state index contributed by atoms with van der Waals surface area (Å²) in [5.74, 6) is 2.04. The first-order chi connectivity index (χ1) is 15.2. The summed E-state index contributed by atoms with van der Waals surface area (Å²) in [4.78, 5) is 14.3. The minimum Gasteiger partial charge on any atom is -0.493 e. The number of nitrogens with zero attached hydrogens (tertiary/aromatic N) is 1. The molecule has 1 amide bonds. The van der Waals surface area contributed by atoms with Crippen molar-refractivity contribution in [1.82, 2.24) is 4.90 Å². The highest BCUT2D eigenvalue weighted by Gasteiger charge is 2.28.